The van der Waals surface area contributed by atoms with Gasteiger partial charge < -0.3 is 5.11 Å². The maximum Gasteiger partial charge on any atom is 0.326 e. The molecule has 2 rings (SSSR count). The summed E-state index contributed by atoms with van der Waals surface area (Å²) in [6.45, 7) is 3.67. The van der Waals surface area contributed by atoms with Crippen LogP contribution >= 0.6 is 11.3 Å². The van der Waals surface area contributed by atoms with Crippen LogP contribution in [-0.4, -0.2) is 29.1 Å². The number of aliphatic carboxylic acids is 1. The summed E-state index contributed by atoms with van der Waals surface area (Å²) in [5.74, 6) is -0.727. The minimum atomic E-state index is -0.727. The molecular weight excluding hydrogens is 198 g/mol. The van der Waals surface area contributed by atoms with Crippen molar-refractivity contribution in [3.63, 3.8) is 0 Å². The number of hydrogen-bond acceptors (Lipinski definition) is 3. The van der Waals surface area contributed by atoms with Gasteiger partial charge >= 0.3 is 5.97 Å². The molecule has 0 fully saturated rings. The molecule has 1 N–H and O–H groups in total. The molecule has 0 saturated heterocycles. The fraction of sp³-hybridized carbons (Fsp3) is 0.500. The minimum Gasteiger partial charge on any atom is -0.480 e. The zero-order valence-electron chi connectivity index (χ0n) is 8.06. The van der Waals surface area contributed by atoms with Crippen LogP contribution in [-0.2, 0) is 11.2 Å². The summed E-state index contributed by atoms with van der Waals surface area (Å²) in [6, 6.07) is 1.63. The van der Waals surface area contributed by atoms with Gasteiger partial charge in [-0.05, 0) is 30.0 Å². The van der Waals surface area contributed by atoms with Crippen molar-refractivity contribution in [2.24, 2.45) is 0 Å². The van der Waals surface area contributed by atoms with Gasteiger partial charge in [-0.15, -0.1) is 11.3 Å². The number of carbonyl (C=O) groups is 1. The standard InChI is InChI=1S/C10H13NO2S/c1-2-11-5-3-7-4-6-14-9(7)8(11)10(12)13/h4,6,8H,2-3,5H2,1H3,(H,12,13). The average Bonchev–Trinajstić information content (AvgIpc) is 2.62. The topological polar surface area (TPSA) is 40.5 Å². The van der Waals surface area contributed by atoms with Crippen molar-refractivity contribution in [1.82, 2.24) is 4.90 Å². The molecule has 0 bridgehead atoms. The molecule has 1 atom stereocenters. The van der Waals surface area contributed by atoms with Crippen molar-refractivity contribution in [2.75, 3.05) is 13.1 Å². The quantitative estimate of drug-likeness (QED) is 0.810. The van der Waals surface area contributed by atoms with Crippen LogP contribution in [0.15, 0.2) is 11.4 Å². The predicted octanol–water partition coefficient (Wildman–Crippen LogP) is 1.75. The van der Waals surface area contributed by atoms with E-state index in [1.807, 2.05) is 23.3 Å². The first-order valence-corrected chi connectivity index (χ1v) is 5.65. The van der Waals surface area contributed by atoms with Crippen molar-refractivity contribution in [1.29, 1.82) is 0 Å². The second-order valence-corrected chi connectivity index (χ2v) is 4.38. The van der Waals surface area contributed by atoms with Gasteiger partial charge in [-0.3, -0.25) is 9.69 Å². The fourth-order valence-corrected chi connectivity index (χ4v) is 3.04. The fourth-order valence-electron chi connectivity index (χ4n) is 1.96. The van der Waals surface area contributed by atoms with Gasteiger partial charge in [-0.2, -0.15) is 0 Å². The van der Waals surface area contributed by atoms with Crippen LogP contribution in [0.5, 0.6) is 0 Å². The lowest BCUT2D eigenvalue weighted by Crippen LogP contribution is -2.38. The molecule has 0 radical (unpaired) electrons. The summed E-state index contributed by atoms with van der Waals surface area (Å²) >= 11 is 1.56. The molecule has 1 aliphatic rings. The summed E-state index contributed by atoms with van der Waals surface area (Å²) < 4.78 is 0. The second-order valence-electron chi connectivity index (χ2n) is 3.43. The number of nitrogens with zero attached hydrogens (tertiary/aromatic N) is 1. The van der Waals surface area contributed by atoms with Gasteiger partial charge in [0.05, 0.1) is 0 Å². The molecule has 1 aromatic heterocycles. The van der Waals surface area contributed by atoms with E-state index in [4.69, 9.17) is 5.11 Å². The average molecular weight is 211 g/mol. The van der Waals surface area contributed by atoms with Gasteiger partial charge in [-0.25, -0.2) is 0 Å². The summed E-state index contributed by atoms with van der Waals surface area (Å²) in [4.78, 5) is 14.2. The van der Waals surface area contributed by atoms with Crippen LogP contribution in [0.3, 0.4) is 0 Å². The van der Waals surface area contributed by atoms with Gasteiger partial charge in [0.1, 0.15) is 6.04 Å². The summed E-state index contributed by atoms with van der Waals surface area (Å²) in [6.07, 6.45) is 0.983. The van der Waals surface area contributed by atoms with E-state index in [0.29, 0.717) is 0 Å². The van der Waals surface area contributed by atoms with Gasteiger partial charge in [-0.1, -0.05) is 6.92 Å². The molecule has 0 amide bonds. The zero-order valence-corrected chi connectivity index (χ0v) is 8.88. The summed E-state index contributed by atoms with van der Waals surface area (Å²) in [5.41, 5.74) is 1.21. The number of carboxylic acid groups (broad SMARTS) is 1. The molecular formula is C10H13NO2S. The van der Waals surface area contributed by atoms with E-state index < -0.39 is 12.0 Å². The number of likely N-dealkylation sites (N-methyl/N-ethyl adjacent to an activating group) is 1. The smallest absolute Gasteiger partial charge is 0.326 e. The van der Waals surface area contributed by atoms with Crippen molar-refractivity contribution in [3.8, 4) is 0 Å². The van der Waals surface area contributed by atoms with E-state index in [1.54, 1.807) is 11.3 Å². The van der Waals surface area contributed by atoms with Gasteiger partial charge in [0.2, 0.25) is 0 Å². The van der Waals surface area contributed by atoms with Crippen LogP contribution in [0.1, 0.15) is 23.4 Å². The Kier molecular flexibility index (Phi) is 2.56. The maximum absolute atomic E-state index is 11.1. The lowest BCUT2D eigenvalue weighted by atomic mass is 10.0. The third-order valence-electron chi connectivity index (χ3n) is 2.70. The van der Waals surface area contributed by atoms with E-state index in [1.165, 1.54) is 5.56 Å². The van der Waals surface area contributed by atoms with Crippen LogP contribution in [0.4, 0.5) is 0 Å². The van der Waals surface area contributed by atoms with E-state index >= 15 is 0 Å². The van der Waals surface area contributed by atoms with Crippen molar-refractivity contribution in [2.45, 2.75) is 19.4 Å². The number of rotatable bonds is 2. The van der Waals surface area contributed by atoms with Crippen LogP contribution in [0.25, 0.3) is 0 Å². The number of thiophene rings is 1. The van der Waals surface area contributed by atoms with Gasteiger partial charge in [0, 0.05) is 11.4 Å². The SMILES string of the molecule is CCN1CCc2ccsc2C1C(=O)O. The Morgan fingerprint density at radius 3 is 3.21 bits per heavy atom. The van der Waals surface area contributed by atoms with Crippen LogP contribution in [0.2, 0.25) is 0 Å². The molecule has 0 saturated carbocycles. The van der Waals surface area contributed by atoms with E-state index in [9.17, 15) is 4.79 Å². The Bertz CT molecular complexity index is 348. The number of carboxylic acids is 1. The second kappa shape index (κ2) is 3.71. The number of hydrogen-bond donors (Lipinski definition) is 1. The van der Waals surface area contributed by atoms with Crippen molar-refractivity contribution < 1.29 is 9.90 Å². The Morgan fingerprint density at radius 1 is 1.79 bits per heavy atom. The number of fused-ring (bicyclic) bond motifs is 1. The molecule has 3 nitrogen and oxygen atoms in total. The maximum atomic E-state index is 11.1. The molecule has 0 spiro atoms. The molecule has 0 aromatic carbocycles. The Balaban J connectivity index is 2.38. The summed E-state index contributed by atoms with van der Waals surface area (Å²) in [7, 11) is 0. The molecule has 14 heavy (non-hydrogen) atoms. The molecule has 1 aromatic rings. The summed E-state index contributed by atoms with van der Waals surface area (Å²) in [5, 5.41) is 11.2. The van der Waals surface area contributed by atoms with Crippen molar-refractivity contribution >= 4 is 17.3 Å². The highest BCUT2D eigenvalue weighted by atomic mass is 32.1. The lowest BCUT2D eigenvalue weighted by Gasteiger charge is -2.31. The van der Waals surface area contributed by atoms with E-state index in [-0.39, 0.29) is 0 Å². The third kappa shape index (κ3) is 1.44. The highest BCUT2D eigenvalue weighted by molar-refractivity contribution is 7.10. The first kappa shape index (κ1) is 9.68. The normalized spacial score (nSPS) is 21.9. The zero-order chi connectivity index (χ0) is 10.1. The molecule has 4 heteroatoms. The third-order valence-corrected chi connectivity index (χ3v) is 3.71. The monoisotopic (exact) mass is 211 g/mol. The van der Waals surface area contributed by atoms with Crippen LogP contribution in [0, 0.1) is 0 Å². The minimum absolute atomic E-state index is 0.413. The highest BCUT2D eigenvalue weighted by Crippen LogP contribution is 2.33. The Hall–Kier alpha value is -0.870. The predicted molar refractivity (Wildman–Crippen MR) is 55.6 cm³/mol. The largest absolute Gasteiger partial charge is 0.480 e. The lowest BCUT2D eigenvalue weighted by molar-refractivity contribution is -0.143. The van der Waals surface area contributed by atoms with Gasteiger partial charge in [0.25, 0.3) is 0 Å². The molecule has 1 unspecified atom stereocenters. The Labute approximate surface area is 87.0 Å². The molecule has 1 aliphatic heterocycles. The Morgan fingerprint density at radius 2 is 2.57 bits per heavy atom. The molecule has 2 heterocycles. The first-order chi connectivity index (χ1) is 6.74. The van der Waals surface area contributed by atoms with Gasteiger partial charge in [0.15, 0.2) is 0 Å². The van der Waals surface area contributed by atoms with Crippen LogP contribution < -0.4 is 0 Å². The van der Waals surface area contributed by atoms with E-state index in [2.05, 4.69) is 0 Å². The molecule has 76 valence electrons. The van der Waals surface area contributed by atoms with Crippen molar-refractivity contribution in [3.05, 3.63) is 21.9 Å². The molecule has 0 aliphatic carbocycles. The van der Waals surface area contributed by atoms with E-state index in [0.717, 1.165) is 24.4 Å². The highest BCUT2D eigenvalue weighted by Gasteiger charge is 2.32. The first-order valence-electron chi connectivity index (χ1n) is 4.77.